The van der Waals surface area contributed by atoms with Gasteiger partial charge in [-0.15, -0.1) is 0 Å². The molecule has 0 fully saturated rings. The number of nitrogens with zero attached hydrogens (tertiary/aromatic N) is 1. The summed E-state index contributed by atoms with van der Waals surface area (Å²) in [7, 11) is 1.39. The average Bonchev–Trinajstić information content (AvgIpc) is 3.13. The summed E-state index contributed by atoms with van der Waals surface area (Å²) in [6.07, 6.45) is 23.5. The highest BCUT2D eigenvalue weighted by Crippen LogP contribution is 2.13. The monoisotopic (exact) mass is 363 g/mol. The Balaban J connectivity index is 1.89. The lowest BCUT2D eigenvalue weighted by molar-refractivity contribution is -0.142. The minimum atomic E-state index is -0.451. The largest absolute Gasteiger partial charge is 0.478 e. The smallest absolute Gasteiger partial charge is 0.334 e. The van der Waals surface area contributed by atoms with Crippen LogP contribution < -0.4 is 0 Å². The van der Waals surface area contributed by atoms with Crippen LogP contribution in [-0.2, 0) is 14.3 Å². The van der Waals surface area contributed by atoms with Crippen LogP contribution in [0.5, 0.6) is 0 Å². The normalized spacial score (nSPS) is 17.0. The lowest BCUT2D eigenvalue weighted by Crippen LogP contribution is -2.21. The van der Waals surface area contributed by atoms with Crippen LogP contribution >= 0.6 is 0 Å². The third-order valence-electron chi connectivity index (χ3n) is 4.52. The van der Waals surface area contributed by atoms with Crippen molar-refractivity contribution in [3.8, 4) is 0 Å². The lowest BCUT2D eigenvalue weighted by atomic mass is 10.1. The first-order valence-electron chi connectivity index (χ1n) is 10.3. The molecule has 148 valence electrons. The maximum absolute atomic E-state index is 11.4. The number of hydrogen-bond acceptors (Lipinski definition) is 4. The van der Waals surface area contributed by atoms with Crippen molar-refractivity contribution in [1.82, 2.24) is 0 Å². The van der Waals surface area contributed by atoms with Crippen LogP contribution in [0.3, 0.4) is 0 Å². The minimum Gasteiger partial charge on any atom is -0.478 e. The number of carbonyl (C=O) groups is 1. The Bertz CT molecular complexity index is 454. The number of allylic oxidation sites excluding steroid dienone is 4. The molecular formula is C22H37NO3. The van der Waals surface area contributed by atoms with E-state index in [1.165, 1.54) is 64.9 Å². The summed E-state index contributed by atoms with van der Waals surface area (Å²) in [6, 6.07) is -0.451. The van der Waals surface area contributed by atoms with Crippen molar-refractivity contribution < 1.29 is 14.3 Å². The van der Waals surface area contributed by atoms with Gasteiger partial charge in [0.15, 0.2) is 11.9 Å². The number of methoxy groups -OCH3 is 1. The van der Waals surface area contributed by atoms with Crippen LogP contribution in [-0.4, -0.2) is 31.6 Å². The van der Waals surface area contributed by atoms with Crippen LogP contribution in [0.15, 0.2) is 29.3 Å². The highest BCUT2D eigenvalue weighted by molar-refractivity contribution is 5.85. The van der Waals surface area contributed by atoms with Gasteiger partial charge in [-0.1, -0.05) is 63.3 Å². The van der Waals surface area contributed by atoms with Gasteiger partial charge >= 0.3 is 5.97 Å². The van der Waals surface area contributed by atoms with Crippen molar-refractivity contribution in [2.75, 3.05) is 13.7 Å². The summed E-state index contributed by atoms with van der Waals surface area (Å²) >= 11 is 0. The zero-order valence-electron chi connectivity index (χ0n) is 16.8. The van der Waals surface area contributed by atoms with Crippen molar-refractivity contribution in [3.63, 3.8) is 0 Å². The van der Waals surface area contributed by atoms with Gasteiger partial charge in [-0.25, -0.2) is 9.79 Å². The molecule has 1 rings (SSSR count). The van der Waals surface area contributed by atoms with Gasteiger partial charge in [-0.05, 0) is 38.5 Å². The quantitative estimate of drug-likeness (QED) is 0.211. The highest BCUT2D eigenvalue weighted by Gasteiger charge is 2.25. The molecule has 0 amide bonds. The summed E-state index contributed by atoms with van der Waals surface area (Å²) in [5.41, 5.74) is 0. The van der Waals surface area contributed by atoms with E-state index in [-0.39, 0.29) is 5.97 Å². The molecule has 0 aromatic carbocycles. The van der Waals surface area contributed by atoms with Crippen LogP contribution in [0, 0.1) is 0 Å². The third kappa shape index (κ3) is 11.1. The highest BCUT2D eigenvalue weighted by atomic mass is 16.5. The number of aliphatic imine (C=N–C) groups is 1. The molecule has 0 radical (unpaired) electrons. The molecule has 0 saturated heterocycles. The predicted molar refractivity (Wildman–Crippen MR) is 109 cm³/mol. The number of esters is 1. The van der Waals surface area contributed by atoms with E-state index in [1.54, 1.807) is 0 Å². The zero-order chi connectivity index (χ0) is 18.9. The van der Waals surface area contributed by atoms with Crippen molar-refractivity contribution in [2.24, 2.45) is 4.99 Å². The Kier molecular flexibility index (Phi) is 13.5. The van der Waals surface area contributed by atoms with Crippen molar-refractivity contribution >= 4 is 11.9 Å². The summed E-state index contributed by atoms with van der Waals surface area (Å²) in [6.45, 7) is 2.58. The zero-order valence-corrected chi connectivity index (χ0v) is 16.8. The molecule has 1 heterocycles. The van der Waals surface area contributed by atoms with E-state index in [0.29, 0.717) is 12.5 Å². The van der Waals surface area contributed by atoms with Gasteiger partial charge in [-0.2, -0.15) is 0 Å². The fourth-order valence-corrected chi connectivity index (χ4v) is 2.90. The van der Waals surface area contributed by atoms with E-state index in [0.717, 1.165) is 19.3 Å². The van der Waals surface area contributed by atoms with Gasteiger partial charge in [-0.3, -0.25) is 0 Å². The molecule has 4 nitrogen and oxygen atoms in total. The van der Waals surface area contributed by atoms with E-state index in [2.05, 4.69) is 41.0 Å². The second-order valence-electron chi connectivity index (χ2n) is 6.85. The molecule has 0 aromatic heterocycles. The molecule has 0 N–H and O–H groups in total. The van der Waals surface area contributed by atoms with Gasteiger partial charge in [0.05, 0.1) is 7.11 Å². The topological polar surface area (TPSA) is 47.9 Å². The Morgan fingerprint density at radius 1 is 1.04 bits per heavy atom. The van der Waals surface area contributed by atoms with Gasteiger partial charge in [0.2, 0.25) is 0 Å². The molecule has 4 heteroatoms. The number of hydrogen-bond donors (Lipinski definition) is 0. The molecule has 0 aromatic rings. The first kappa shape index (κ1) is 22.5. The maximum Gasteiger partial charge on any atom is 0.334 e. The number of rotatable bonds is 15. The van der Waals surface area contributed by atoms with Crippen molar-refractivity contribution in [1.29, 1.82) is 0 Å². The van der Waals surface area contributed by atoms with E-state index in [9.17, 15) is 4.79 Å². The van der Waals surface area contributed by atoms with E-state index >= 15 is 0 Å². The first-order valence-corrected chi connectivity index (χ1v) is 10.3. The van der Waals surface area contributed by atoms with Crippen LogP contribution in [0.1, 0.15) is 84.0 Å². The molecule has 1 aliphatic rings. The van der Waals surface area contributed by atoms with Crippen LogP contribution in [0.25, 0.3) is 0 Å². The van der Waals surface area contributed by atoms with E-state index in [1.807, 2.05) is 0 Å². The fraction of sp³-hybridized carbons (Fsp3) is 0.727. The van der Waals surface area contributed by atoms with Crippen molar-refractivity contribution in [3.05, 3.63) is 24.3 Å². The Labute approximate surface area is 159 Å². The molecule has 0 unspecified atom stereocenters. The Morgan fingerprint density at radius 3 is 2.38 bits per heavy atom. The summed E-state index contributed by atoms with van der Waals surface area (Å²) in [4.78, 5) is 15.6. The van der Waals surface area contributed by atoms with E-state index < -0.39 is 6.04 Å². The number of ether oxygens (including phenoxy) is 2. The molecule has 1 aliphatic heterocycles. The summed E-state index contributed by atoms with van der Waals surface area (Å²) in [5, 5.41) is 0. The van der Waals surface area contributed by atoms with Gasteiger partial charge < -0.3 is 9.47 Å². The molecule has 26 heavy (non-hydrogen) atoms. The molecule has 0 aliphatic carbocycles. The fourth-order valence-electron chi connectivity index (χ4n) is 2.90. The lowest BCUT2D eigenvalue weighted by Gasteiger charge is -2.01. The Hall–Kier alpha value is -1.58. The average molecular weight is 364 g/mol. The first-order chi connectivity index (χ1) is 12.8. The third-order valence-corrected chi connectivity index (χ3v) is 4.52. The predicted octanol–water partition coefficient (Wildman–Crippen LogP) is 5.77. The Morgan fingerprint density at radius 2 is 1.69 bits per heavy atom. The molecule has 1 atom stereocenters. The van der Waals surface area contributed by atoms with E-state index in [4.69, 9.17) is 4.74 Å². The van der Waals surface area contributed by atoms with Crippen molar-refractivity contribution in [2.45, 2.75) is 90.0 Å². The van der Waals surface area contributed by atoms with Crippen LogP contribution in [0.2, 0.25) is 0 Å². The summed E-state index contributed by atoms with van der Waals surface area (Å²) in [5.74, 6) is 0.408. The van der Waals surface area contributed by atoms with Crippen LogP contribution in [0.4, 0.5) is 0 Å². The number of unbranched alkanes of at least 4 members (excludes halogenated alkanes) is 8. The molecule has 0 saturated carbocycles. The second-order valence-corrected chi connectivity index (χ2v) is 6.85. The van der Waals surface area contributed by atoms with Gasteiger partial charge in [0, 0.05) is 6.42 Å². The molecule has 0 spiro atoms. The minimum absolute atomic E-state index is 0.306. The molecular weight excluding hydrogens is 326 g/mol. The van der Waals surface area contributed by atoms with Gasteiger partial charge in [0.1, 0.15) is 6.61 Å². The number of carbonyl (C=O) groups excluding carboxylic acids is 1. The summed E-state index contributed by atoms with van der Waals surface area (Å²) < 4.78 is 10.1. The van der Waals surface area contributed by atoms with Gasteiger partial charge in [0.25, 0.3) is 0 Å². The maximum atomic E-state index is 11.4. The molecule has 0 bridgehead atoms. The SMILES string of the molecule is CCCCC/C=C\C/C=C\CCCCCCCC1=N[C@H](C(=O)OC)CO1. The standard InChI is InChI=1S/C22H37NO3/c1-3-4-5-6-7-8-9-10-11-12-13-14-15-16-17-18-21-23-20(19-26-21)22(24)25-2/h7-8,10-11,20H,3-6,9,12-19H2,1-2H3/b8-7-,11-10-/t20-/m0/s1. The second kappa shape index (κ2) is 15.7.